The van der Waals surface area contributed by atoms with Gasteiger partial charge in [0.15, 0.2) is 21.3 Å². The highest BCUT2D eigenvalue weighted by Gasteiger charge is 2.33. The number of ether oxygens (including phenoxy) is 2. The number of fused-ring (bicyclic) bond motifs is 1. The van der Waals surface area contributed by atoms with E-state index < -0.39 is 21.1 Å². The van der Waals surface area contributed by atoms with E-state index in [0.29, 0.717) is 18.0 Å². The van der Waals surface area contributed by atoms with Crippen LogP contribution in [0.2, 0.25) is 0 Å². The maximum atomic E-state index is 13.1. The molecule has 1 atom stereocenters. The Kier molecular flexibility index (Phi) is 5.36. The van der Waals surface area contributed by atoms with Gasteiger partial charge in [-0.1, -0.05) is 6.92 Å². The minimum Gasteiger partial charge on any atom is -0.468 e. The highest BCUT2D eigenvalue weighted by Crippen LogP contribution is 2.37. The summed E-state index contributed by atoms with van der Waals surface area (Å²) in [6, 6.07) is 7.18. The molecule has 0 saturated carbocycles. The van der Waals surface area contributed by atoms with Crippen molar-refractivity contribution in [2.24, 2.45) is 0 Å². The van der Waals surface area contributed by atoms with Crippen LogP contribution in [0, 0.1) is 0 Å². The summed E-state index contributed by atoms with van der Waals surface area (Å²) < 4.78 is 42.0. The molecule has 0 aliphatic carbocycles. The molecule has 0 spiro atoms. The van der Waals surface area contributed by atoms with E-state index >= 15 is 0 Å². The van der Waals surface area contributed by atoms with Crippen LogP contribution < -0.4 is 20.1 Å². The molecule has 1 aliphatic rings. The van der Waals surface area contributed by atoms with Crippen molar-refractivity contribution in [3.63, 3.8) is 0 Å². The molecule has 26 heavy (non-hydrogen) atoms. The fourth-order valence-corrected chi connectivity index (χ4v) is 4.14. The first kappa shape index (κ1) is 18.1. The SMILES string of the molecule is CCCNC(=O)NC[C@@H](c1ccco1)S(=O)(=O)c1ccc2c(c1)OCO2. The van der Waals surface area contributed by atoms with Crippen LogP contribution in [-0.4, -0.2) is 34.3 Å². The number of benzene rings is 1. The molecule has 0 unspecified atom stereocenters. The number of urea groups is 1. The van der Waals surface area contributed by atoms with Gasteiger partial charge in [0.2, 0.25) is 6.79 Å². The Morgan fingerprint density at radius 1 is 1.19 bits per heavy atom. The van der Waals surface area contributed by atoms with E-state index in [2.05, 4.69) is 10.6 Å². The first-order valence-corrected chi connectivity index (χ1v) is 9.75. The monoisotopic (exact) mass is 380 g/mol. The van der Waals surface area contributed by atoms with Gasteiger partial charge in [-0.15, -0.1) is 0 Å². The van der Waals surface area contributed by atoms with Gasteiger partial charge in [-0.2, -0.15) is 0 Å². The zero-order chi connectivity index (χ0) is 18.6. The molecule has 0 radical (unpaired) electrons. The molecule has 1 aliphatic heterocycles. The van der Waals surface area contributed by atoms with Crippen molar-refractivity contribution in [2.75, 3.05) is 19.9 Å². The molecule has 2 amide bonds. The molecule has 8 nitrogen and oxygen atoms in total. The van der Waals surface area contributed by atoms with E-state index in [1.54, 1.807) is 18.2 Å². The van der Waals surface area contributed by atoms with Crippen molar-refractivity contribution >= 4 is 15.9 Å². The normalized spacial score (nSPS) is 14.0. The van der Waals surface area contributed by atoms with Gasteiger partial charge in [-0.3, -0.25) is 0 Å². The third kappa shape index (κ3) is 3.77. The lowest BCUT2D eigenvalue weighted by atomic mass is 10.3. The zero-order valence-corrected chi connectivity index (χ0v) is 15.0. The predicted octanol–water partition coefficient (Wildman–Crippen LogP) is 2.23. The second-order valence-corrected chi connectivity index (χ2v) is 7.83. The average Bonchev–Trinajstić information content (AvgIpc) is 3.30. The first-order valence-electron chi connectivity index (χ1n) is 8.21. The standard InChI is InChI=1S/C17H20N2O6S/c1-2-7-18-17(20)19-10-16(14-4-3-8-23-14)26(21,22)12-5-6-13-15(9-12)25-11-24-13/h3-6,8-9,16H,2,7,10-11H2,1H3,(H2,18,19,20)/t16-/m0/s1. The third-order valence-corrected chi connectivity index (χ3v) is 5.95. The largest absolute Gasteiger partial charge is 0.468 e. The molecule has 3 rings (SSSR count). The van der Waals surface area contributed by atoms with Crippen molar-refractivity contribution in [1.82, 2.24) is 10.6 Å². The molecule has 2 aromatic rings. The van der Waals surface area contributed by atoms with Gasteiger partial charge in [0.05, 0.1) is 11.2 Å². The Labute approximate surface area is 151 Å². The van der Waals surface area contributed by atoms with Crippen molar-refractivity contribution in [2.45, 2.75) is 23.5 Å². The molecule has 0 fully saturated rings. The Morgan fingerprint density at radius 3 is 2.73 bits per heavy atom. The quantitative estimate of drug-likeness (QED) is 0.763. The topological polar surface area (TPSA) is 107 Å². The number of amides is 2. The molecular weight excluding hydrogens is 360 g/mol. The summed E-state index contributed by atoms with van der Waals surface area (Å²) in [4.78, 5) is 11.9. The number of rotatable bonds is 7. The third-order valence-electron chi connectivity index (χ3n) is 3.89. The van der Waals surface area contributed by atoms with Crippen LogP contribution >= 0.6 is 0 Å². The zero-order valence-electron chi connectivity index (χ0n) is 14.2. The minimum absolute atomic E-state index is 0.0552. The van der Waals surface area contributed by atoms with Gasteiger partial charge in [0, 0.05) is 19.2 Å². The number of nitrogens with one attached hydrogen (secondary N) is 2. The maximum Gasteiger partial charge on any atom is 0.314 e. The molecule has 0 saturated heterocycles. The predicted molar refractivity (Wildman–Crippen MR) is 92.9 cm³/mol. The van der Waals surface area contributed by atoms with Crippen LogP contribution in [0.25, 0.3) is 0 Å². The van der Waals surface area contributed by atoms with Gasteiger partial charge in [-0.05, 0) is 30.7 Å². The fraction of sp³-hybridized carbons (Fsp3) is 0.353. The number of carbonyl (C=O) groups excluding carboxylic acids is 1. The van der Waals surface area contributed by atoms with Gasteiger partial charge in [0.1, 0.15) is 11.0 Å². The van der Waals surface area contributed by atoms with E-state index in [-0.39, 0.29) is 24.0 Å². The lowest BCUT2D eigenvalue weighted by Crippen LogP contribution is -2.39. The molecular formula is C17H20N2O6S. The van der Waals surface area contributed by atoms with Crippen molar-refractivity contribution in [3.8, 4) is 11.5 Å². The van der Waals surface area contributed by atoms with E-state index in [9.17, 15) is 13.2 Å². The van der Waals surface area contributed by atoms with Gasteiger partial charge < -0.3 is 24.5 Å². The summed E-state index contributed by atoms with van der Waals surface area (Å²) in [6.45, 7) is 2.36. The van der Waals surface area contributed by atoms with Crippen molar-refractivity contribution in [3.05, 3.63) is 42.4 Å². The molecule has 140 valence electrons. The van der Waals surface area contributed by atoms with E-state index in [1.807, 2.05) is 6.92 Å². The highest BCUT2D eigenvalue weighted by atomic mass is 32.2. The molecule has 2 heterocycles. The summed E-state index contributed by atoms with van der Waals surface area (Å²) in [5.74, 6) is 1.12. The fourth-order valence-electron chi connectivity index (χ4n) is 2.54. The summed E-state index contributed by atoms with van der Waals surface area (Å²) in [6.07, 6.45) is 2.18. The number of hydrogen-bond acceptors (Lipinski definition) is 6. The van der Waals surface area contributed by atoms with Crippen LogP contribution in [0.3, 0.4) is 0 Å². The Morgan fingerprint density at radius 2 is 2.00 bits per heavy atom. The molecule has 1 aromatic carbocycles. The Hall–Kier alpha value is -2.68. The second-order valence-electron chi connectivity index (χ2n) is 5.70. The van der Waals surface area contributed by atoms with Crippen LogP contribution in [0.5, 0.6) is 11.5 Å². The summed E-state index contributed by atoms with van der Waals surface area (Å²) in [5.41, 5.74) is 0. The van der Waals surface area contributed by atoms with Gasteiger partial charge in [0.25, 0.3) is 0 Å². The molecule has 1 aromatic heterocycles. The van der Waals surface area contributed by atoms with Crippen molar-refractivity contribution in [1.29, 1.82) is 0 Å². The Bertz CT molecular complexity index is 863. The summed E-state index contributed by atoms with van der Waals surface area (Å²) in [7, 11) is -3.83. The smallest absolute Gasteiger partial charge is 0.314 e. The number of sulfone groups is 1. The molecule has 2 N–H and O–H groups in total. The van der Waals surface area contributed by atoms with E-state index in [4.69, 9.17) is 13.9 Å². The maximum absolute atomic E-state index is 13.1. The van der Waals surface area contributed by atoms with Gasteiger partial charge >= 0.3 is 6.03 Å². The lowest BCUT2D eigenvalue weighted by Gasteiger charge is -2.17. The van der Waals surface area contributed by atoms with Crippen LogP contribution in [-0.2, 0) is 9.84 Å². The van der Waals surface area contributed by atoms with Crippen molar-refractivity contribution < 1.29 is 27.1 Å². The molecule has 9 heteroatoms. The average molecular weight is 380 g/mol. The molecule has 0 bridgehead atoms. The number of furan rings is 1. The summed E-state index contributed by atoms with van der Waals surface area (Å²) >= 11 is 0. The minimum atomic E-state index is -3.83. The second kappa shape index (κ2) is 7.69. The van der Waals surface area contributed by atoms with Crippen LogP contribution in [0.4, 0.5) is 4.79 Å². The van der Waals surface area contributed by atoms with E-state index in [0.717, 1.165) is 6.42 Å². The van der Waals surface area contributed by atoms with Crippen LogP contribution in [0.1, 0.15) is 24.4 Å². The van der Waals surface area contributed by atoms with Crippen LogP contribution in [0.15, 0.2) is 45.9 Å². The lowest BCUT2D eigenvalue weighted by molar-refractivity contribution is 0.174. The van der Waals surface area contributed by atoms with E-state index in [1.165, 1.54) is 18.4 Å². The number of hydrogen-bond donors (Lipinski definition) is 2. The number of carbonyl (C=O) groups is 1. The Balaban J connectivity index is 1.85. The highest BCUT2D eigenvalue weighted by molar-refractivity contribution is 7.91. The first-order chi connectivity index (χ1) is 12.5. The van der Waals surface area contributed by atoms with Gasteiger partial charge in [-0.25, -0.2) is 13.2 Å². The summed E-state index contributed by atoms with van der Waals surface area (Å²) in [5, 5.41) is 4.17.